The molecule has 9 nitrogen and oxygen atoms in total. The second kappa shape index (κ2) is 9.67. The summed E-state index contributed by atoms with van der Waals surface area (Å²) in [6.45, 7) is 2.62. The molecule has 36 heavy (non-hydrogen) atoms. The third-order valence-corrected chi connectivity index (χ3v) is 7.38. The highest BCUT2D eigenvalue weighted by Crippen LogP contribution is 2.46. The van der Waals surface area contributed by atoms with Crippen molar-refractivity contribution in [2.45, 2.75) is 55.0 Å². The van der Waals surface area contributed by atoms with Crippen LogP contribution in [0.5, 0.6) is 0 Å². The normalized spacial score (nSPS) is 30.4. The number of Topliss-reactive ketones (excluding diaryl/α,β-unsaturated/α-hetero) is 1. The molecule has 0 aromatic heterocycles. The molecule has 2 unspecified atom stereocenters. The summed E-state index contributed by atoms with van der Waals surface area (Å²) < 4.78 is 37.7. The first-order chi connectivity index (χ1) is 16.9. The number of carbonyl (C=O) groups excluding carboxylic acids is 1. The van der Waals surface area contributed by atoms with E-state index in [1.54, 1.807) is 43.5 Å². The molecule has 1 aliphatic heterocycles. The molecule has 0 bridgehead atoms. The van der Waals surface area contributed by atoms with E-state index < -0.39 is 65.1 Å². The van der Waals surface area contributed by atoms with Gasteiger partial charge < -0.3 is 34.5 Å². The van der Waals surface area contributed by atoms with Gasteiger partial charge in [-0.05, 0) is 82.3 Å². The maximum Gasteiger partial charge on any atom is 0.335 e. The van der Waals surface area contributed by atoms with E-state index in [9.17, 15) is 39.0 Å². The second-order valence-electron chi connectivity index (χ2n) is 8.85. The predicted octanol–water partition coefficient (Wildman–Crippen LogP) is 1.56. The van der Waals surface area contributed by atoms with Crippen LogP contribution in [0.4, 0.5) is 4.39 Å². The molecule has 1 aliphatic carbocycles. The van der Waals surface area contributed by atoms with Crippen LogP contribution in [0.15, 0.2) is 46.9 Å². The molecular formula is C25H25FO9S. The van der Waals surface area contributed by atoms with Crippen molar-refractivity contribution in [3.05, 3.63) is 58.9 Å². The number of ether oxygens (including phenoxy) is 2. The van der Waals surface area contributed by atoms with E-state index in [1.165, 1.54) is 12.1 Å². The molecule has 2 aromatic rings. The fraction of sp³-hybridized carbons (Fsp3) is 0.360. The Labute approximate surface area is 209 Å². The lowest BCUT2D eigenvalue weighted by atomic mass is 9.89. The lowest BCUT2D eigenvalue weighted by Gasteiger charge is -2.46. The van der Waals surface area contributed by atoms with Crippen LogP contribution in [0.1, 0.15) is 31.1 Å². The highest BCUT2D eigenvalue weighted by Gasteiger charge is 2.60. The van der Waals surface area contributed by atoms with E-state index in [4.69, 9.17) is 9.47 Å². The Hall–Kier alpha value is -2.64. The average molecular weight is 521 g/mol. The van der Waals surface area contributed by atoms with E-state index in [0.717, 1.165) is 6.92 Å². The largest absolute Gasteiger partial charge is 0.612 e. The Balaban J connectivity index is 1.78. The number of ketones is 1. The Kier molecular flexibility index (Phi) is 7.10. The first-order valence-corrected chi connectivity index (χ1v) is 12.5. The van der Waals surface area contributed by atoms with Gasteiger partial charge in [0.05, 0.1) is 0 Å². The number of carboxylic acids is 1. The van der Waals surface area contributed by atoms with Gasteiger partial charge in [0.2, 0.25) is 0 Å². The van der Waals surface area contributed by atoms with Crippen LogP contribution < -0.4 is 0 Å². The number of hydrogen-bond acceptors (Lipinski definition) is 8. The molecular weight excluding hydrogens is 495 g/mol. The lowest BCUT2D eigenvalue weighted by Crippen LogP contribution is -2.69. The van der Waals surface area contributed by atoms with Gasteiger partial charge in [0, 0.05) is 6.92 Å². The predicted molar refractivity (Wildman–Crippen MR) is 126 cm³/mol. The maximum absolute atomic E-state index is 14.8. The molecule has 0 spiro atoms. The van der Waals surface area contributed by atoms with Crippen molar-refractivity contribution < 1.29 is 48.4 Å². The topological polar surface area (TPSA) is 157 Å². The number of aliphatic hydroxyl groups excluding tert-OH is 3. The van der Waals surface area contributed by atoms with Crippen molar-refractivity contribution in [2.75, 3.05) is 6.26 Å². The Bertz CT molecular complexity index is 1230. The number of hydrogen-bond donors (Lipinski definition) is 4. The lowest BCUT2D eigenvalue weighted by molar-refractivity contribution is -0.345. The zero-order chi connectivity index (χ0) is 26.5. The molecule has 2 aliphatic rings. The summed E-state index contributed by atoms with van der Waals surface area (Å²) in [7, 11) is 0. The average Bonchev–Trinajstić information content (AvgIpc) is 3.13. The van der Waals surface area contributed by atoms with Crippen molar-refractivity contribution in [2.24, 2.45) is 0 Å². The van der Waals surface area contributed by atoms with Gasteiger partial charge in [-0.15, -0.1) is 0 Å². The Morgan fingerprint density at radius 2 is 1.78 bits per heavy atom. The molecule has 1 fully saturated rings. The quantitative estimate of drug-likeness (QED) is 0.415. The molecule has 1 saturated heterocycles. The van der Waals surface area contributed by atoms with Gasteiger partial charge in [0.25, 0.3) is 5.79 Å². The van der Waals surface area contributed by atoms with Gasteiger partial charge in [-0.2, -0.15) is 0 Å². The fourth-order valence-electron chi connectivity index (χ4n) is 4.55. The van der Waals surface area contributed by atoms with Crippen molar-refractivity contribution in [1.82, 2.24) is 0 Å². The third-order valence-electron chi connectivity index (χ3n) is 6.44. The summed E-state index contributed by atoms with van der Waals surface area (Å²) in [6, 6.07) is 9.23. The third kappa shape index (κ3) is 4.37. The standard InChI is InChI=1S/C25H25FO9S/c1-11-8-17-16(13-4-6-15(7-5-13)36(3)33)9-14(26)10-18(17)21(11)34-25(12(2)27)23(30)20(29)19(28)22(35-25)24(31)32/h4-10,19-23,28-30H,1-3H3,(H,31,32)/t19-,20-,21?,22-,23+,25+,36?/m0/s1. The van der Waals surface area contributed by atoms with Crippen molar-refractivity contribution in [1.29, 1.82) is 0 Å². The van der Waals surface area contributed by atoms with Crippen LogP contribution in [0, 0.1) is 5.82 Å². The molecule has 4 rings (SSSR count). The zero-order valence-electron chi connectivity index (χ0n) is 19.5. The summed E-state index contributed by atoms with van der Waals surface area (Å²) >= 11 is -1.19. The molecule has 7 atom stereocenters. The van der Waals surface area contributed by atoms with E-state index in [1.807, 2.05) is 0 Å². The second-order valence-corrected chi connectivity index (χ2v) is 10.2. The minimum Gasteiger partial charge on any atom is -0.612 e. The SMILES string of the molecule is CC(=O)[C@@]1(OC2C(C)=Cc3c(-c4ccc([S+](C)[O-])cc4)cc(F)cc32)O[C@H](C(=O)O)[C@@H](O)[C@H](O)[C@H]1O. The van der Waals surface area contributed by atoms with Gasteiger partial charge in [0.1, 0.15) is 36.5 Å². The van der Waals surface area contributed by atoms with Gasteiger partial charge in [-0.3, -0.25) is 4.79 Å². The van der Waals surface area contributed by atoms with Crippen LogP contribution >= 0.6 is 0 Å². The first-order valence-electron chi connectivity index (χ1n) is 11.0. The minimum atomic E-state index is -2.65. The number of rotatable bonds is 6. The number of halogens is 1. The summed E-state index contributed by atoms with van der Waals surface area (Å²) in [5.41, 5.74) is 2.46. The highest BCUT2D eigenvalue weighted by atomic mass is 32.2. The first kappa shape index (κ1) is 26.4. The number of carboxylic acid groups (broad SMARTS) is 1. The van der Waals surface area contributed by atoms with E-state index >= 15 is 0 Å². The summed E-state index contributed by atoms with van der Waals surface area (Å²) in [5, 5.41) is 40.5. The van der Waals surface area contributed by atoms with Gasteiger partial charge >= 0.3 is 5.97 Å². The summed E-state index contributed by atoms with van der Waals surface area (Å²) in [5.74, 6) is -5.90. The van der Waals surface area contributed by atoms with Gasteiger partial charge in [0.15, 0.2) is 16.8 Å². The van der Waals surface area contributed by atoms with Crippen molar-refractivity contribution >= 4 is 29.0 Å². The Morgan fingerprint density at radius 3 is 2.33 bits per heavy atom. The van der Waals surface area contributed by atoms with Crippen LogP contribution in [0.25, 0.3) is 17.2 Å². The molecule has 11 heteroatoms. The summed E-state index contributed by atoms with van der Waals surface area (Å²) in [4.78, 5) is 24.9. The van der Waals surface area contributed by atoms with E-state index in [-0.39, 0.29) is 5.56 Å². The fourth-order valence-corrected chi connectivity index (χ4v) is 5.07. The summed E-state index contributed by atoms with van der Waals surface area (Å²) in [6.07, 6.45) is -6.20. The number of carbonyl (C=O) groups is 2. The van der Waals surface area contributed by atoms with E-state index in [0.29, 0.717) is 27.2 Å². The number of aliphatic hydroxyl groups is 3. The van der Waals surface area contributed by atoms with Crippen LogP contribution in [0.3, 0.4) is 0 Å². The molecule has 1 heterocycles. The molecule has 192 valence electrons. The molecule has 0 amide bonds. The number of fused-ring (bicyclic) bond motifs is 1. The van der Waals surface area contributed by atoms with Crippen molar-refractivity contribution in [3.63, 3.8) is 0 Å². The van der Waals surface area contributed by atoms with E-state index in [2.05, 4.69) is 0 Å². The molecule has 0 saturated carbocycles. The molecule has 4 N–H and O–H groups in total. The molecule has 2 aromatic carbocycles. The monoisotopic (exact) mass is 520 g/mol. The zero-order valence-corrected chi connectivity index (χ0v) is 20.4. The number of benzene rings is 2. The smallest absolute Gasteiger partial charge is 0.335 e. The molecule has 0 radical (unpaired) electrons. The van der Waals surface area contributed by atoms with Crippen LogP contribution in [0.2, 0.25) is 0 Å². The van der Waals surface area contributed by atoms with Gasteiger partial charge in [-0.1, -0.05) is 6.08 Å². The van der Waals surface area contributed by atoms with Crippen LogP contribution in [-0.2, 0) is 30.2 Å². The highest BCUT2D eigenvalue weighted by molar-refractivity contribution is 7.90. The minimum absolute atomic E-state index is 0.287. The van der Waals surface area contributed by atoms with Gasteiger partial charge in [-0.25, -0.2) is 9.18 Å². The van der Waals surface area contributed by atoms with Crippen molar-refractivity contribution in [3.8, 4) is 11.1 Å². The Morgan fingerprint density at radius 1 is 1.14 bits per heavy atom. The van der Waals surface area contributed by atoms with Crippen LogP contribution in [-0.4, -0.2) is 73.2 Å². The number of aliphatic carboxylic acids is 1. The maximum atomic E-state index is 14.8.